The number of para-hydroxylation sites is 2. The molecule has 0 aliphatic heterocycles. The van der Waals surface area contributed by atoms with E-state index in [0.29, 0.717) is 0 Å². The van der Waals surface area contributed by atoms with Gasteiger partial charge in [-0.2, -0.15) is 0 Å². The molecule has 2 heterocycles. The highest BCUT2D eigenvalue weighted by Gasteiger charge is 2.36. The van der Waals surface area contributed by atoms with Crippen molar-refractivity contribution in [2.45, 2.75) is 19.3 Å². The number of rotatable bonds is 4. The minimum Gasteiger partial charge on any atom is -0.456 e. The third-order valence-electron chi connectivity index (χ3n) is 11.3. The van der Waals surface area contributed by atoms with Gasteiger partial charge < -0.3 is 13.7 Å². The van der Waals surface area contributed by atoms with Gasteiger partial charge in [-0.3, -0.25) is 0 Å². The molecule has 0 N–H and O–H groups in total. The zero-order valence-corrected chi connectivity index (χ0v) is 28.9. The molecule has 0 bridgehead atoms. The van der Waals surface area contributed by atoms with Gasteiger partial charge in [0.1, 0.15) is 22.3 Å². The standard InChI is InChI=1S/C49H33NO2/c1-49(2)40-17-8-5-15-35(40)36-26-24-32(29-41(36)49)50(43-19-11-21-46-47(43)38-16-7-10-20-44(38)51-46)42-18-9-6-13-33(42)31-23-27-45-39(28-31)37-25-22-30-12-3-4-14-34(30)48(37)52-45/h3-29H,1-2H3. The molecule has 52 heavy (non-hydrogen) atoms. The van der Waals surface area contributed by atoms with Crippen molar-refractivity contribution in [1.82, 2.24) is 0 Å². The highest BCUT2D eigenvalue weighted by atomic mass is 16.3. The van der Waals surface area contributed by atoms with Crippen LogP contribution in [0.1, 0.15) is 25.0 Å². The maximum Gasteiger partial charge on any atom is 0.143 e. The van der Waals surface area contributed by atoms with Gasteiger partial charge >= 0.3 is 0 Å². The highest BCUT2D eigenvalue weighted by Crippen LogP contribution is 2.52. The van der Waals surface area contributed by atoms with E-state index in [9.17, 15) is 0 Å². The van der Waals surface area contributed by atoms with E-state index in [-0.39, 0.29) is 5.41 Å². The molecule has 3 heteroatoms. The van der Waals surface area contributed by atoms with Crippen LogP contribution in [-0.2, 0) is 5.41 Å². The van der Waals surface area contributed by atoms with Gasteiger partial charge in [-0.15, -0.1) is 0 Å². The Morgan fingerprint density at radius 1 is 0.442 bits per heavy atom. The van der Waals surface area contributed by atoms with E-state index in [1.54, 1.807) is 0 Å². The molecule has 1 aliphatic rings. The zero-order valence-electron chi connectivity index (χ0n) is 28.9. The van der Waals surface area contributed by atoms with E-state index < -0.39 is 0 Å². The van der Waals surface area contributed by atoms with Crippen molar-refractivity contribution in [3.8, 4) is 22.3 Å². The normalized spacial score (nSPS) is 13.3. The van der Waals surface area contributed by atoms with E-state index >= 15 is 0 Å². The molecular weight excluding hydrogens is 635 g/mol. The smallest absolute Gasteiger partial charge is 0.143 e. The average molecular weight is 668 g/mol. The first-order valence-electron chi connectivity index (χ1n) is 17.9. The Morgan fingerprint density at radius 2 is 1.15 bits per heavy atom. The maximum absolute atomic E-state index is 6.52. The van der Waals surface area contributed by atoms with E-state index in [1.165, 1.54) is 27.6 Å². The lowest BCUT2D eigenvalue weighted by molar-refractivity contribution is 0.660. The van der Waals surface area contributed by atoms with Gasteiger partial charge in [-0.25, -0.2) is 0 Å². The predicted molar refractivity (Wildman–Crippen MR) is 216 cm³/mol. The quantitative estimate of drug-likeness (QED) is 0.187. The van der Waals surface area contributed by atoms with Gasteiger partial charge in [0.2, 0.25) is 0 Å². The maximum atomic E-state index is 6.52. The number of hydrogen-bond donors (Lipinski definition) is 0. The van der Waals surface area contributed by atoms with Crippen LogP contribution in [0.5, 0.6) is 0 Å². The Kier molecular flexibility index (Phi) is 6.01. The molecule has 1 aliphatic carbocycles. The first-order valence-corrected chi connectivity index (χ1v) is 17.9. The van der Waals surface area contributed by atoms with Crippen LogP contribution in [0.25, 0.3) is 76.9 Å². The predicted octanol–water partition coefficient (Wildman–Crippen LogP) is 14.1. The number of fused-ring (bicyclic) bond motifs is 11. The van der Waals surface area contributed by atoms with Crippen molar-refractivity contribution in [3.63, 3.8) is 0 Å². The fourth-order valence-electron chi connectivity index (χ4n) is 8.77. The minimum atomic E-state index is -0.140. The number of nitrogens with zero attached hydrogens (tertiary/aromatic N) is 1. The monoisotopic (exact) mass is 667 g/mol. The van der Waals surface area contributed by atoms with Gasteiger partial charge in [-0.1, -0.05) is 123 Å². The Hall–Kier alpha value is -6.58. The molecule has 0 radical (unpaired) electrons. The van der Waals surface area contributed by atoms with E-state index in [4.69, 9.17) is 8.83 Å². The molecule has 0 saturated heterocycles. The first-order chi connectivity index (χ1) is 25.5. The van der Waals surface area contributed by atoms with Crippen molar-refractivity contribution in [2.24, 2.45) is 0 Å². The van der Waals surface area contributed by atoms with Crippen molar-refractivity contribution < 1.29 is 8.83 Å². The van der Waals surface area contributed by atoms with E-state index in [2.05, 4.69) is 176 Å². The fraction of sp³-hybridized carbons (Fsp3) is 0.0612. The highest BCUT2D eigenvalue weighted by molar-refractivity contribution is 6.16. The fourth-order valence-corrected chi connectivity index (χ4v) is 8.77. The van der Waals surface area contributed by atoms with Crippen LogP contribution in [0.3, 0.4) is 0 Å². The SMILES string of the molecule is CC1(C)c2ccccc2-c2ccc(N(c3ccccc3-c3ccc4oc5c6ccccc6ccc5c4c3)c3cccc4oc5ccccc5c34)cc21. The second kappa shape index (κ2) is 10.7. The van der Waals surface area contributed by atoms with Crippen LogP contribution in [0, 0.1) is 0 Å². The molecule has 0 fully saturated rings. The van der Waals surface area contributed by atoms with Gasteiger partial charge in [0.15, 0.2) is 0 Å². The first kappa shape index (κ1) is 29.2. The van der Waals surface area contributed by atoms with Gasteiger partial charge in [0, 0.05) is 38.2 Å². The molecule has 246 valence electrons. The molecule has 0 spiro atoms. The molecule has 0 saturated carbocycles. The van der Waals surface area contributed by atoms with E-state index in [1.807, 2.05) is 6.07 Å². The van der Waals surface area contributed by atoms with Crippen LogP contribution in [0.4, 0.5) is 17.1 Å². The Labute approximate surface area is 301 Å². The van der Waals surface area contributed by atoms with Crippen molar-refractivity contribution >= 4 is 71.7 Å². The molecule has 2 aromatic heterocycles. The third kappa shape index (κ3) is 4.08. The van der Waals surface area contributed by atoms with E-state index in [0.717, 1.165) is 77.5 Å². The largest absolute Gasteiger partial charge is 0.456 e. The zero-order chi connectivity index (χ0) is 34.6. The van der Waals surface area contributed by atoms with Crippen molar-refractivity contribution in [1.29, 1.82) is 0 Å². The van der Waals surface area contributed by atoms with Gasteiger partial charge in [-0.05, 0) is 87.8 Å². The summed E-state index contributed by atoms with van der Waals surface area (Å²) in [5, 5.41) is 6.74. The summed E-state index contributed by atoms with van der Waals surface area (Å²) in [6.07, 6.45) is 0. The van der Waals surface area contributed by atoms with Crippen molar-refractivity contribution in [3.05, 3.63) is 175 Å². The van der Waals surface area contributed by atoms with Gasteiger partial charge in [0.25, 0.3) is 0 Å². The Balaban J connectivity index is 1.17. The summed E-state index contributed by atoms with van der Waals surface area (Å²) >= 11 is 0. The topological polar surface area (TPSA) is 29.5 Å². The molecule has 11 rings (SSSR count). The van der Waals surface area contributed by atoms with Crippen LogP contribution in [0.15, 0.2) is 173 Å². The number of furan rings is 2. The van der Waals surface area contributed by atoms with Crippen molar-refractivity contribution in [2.75, 3.05) is 4.90 Å². The molecule has 8 aromatic carbocycles. The summed E-state index contributed by atoms with van der Waals surface area (Å²) in [6.45, 7) is 4.69. The third-order valence-corrected chi connectivity index (χ3v) is 11.3. The Bertz CT molecular complexity index is 3070. The summed E-state index contributed by atoms with van der Waals surface area (Å²) < 4.78 is 13.0. The number of anilines is 3. The lowest BCUT2D eigenvalue weighted by Crippen LogP contribution is -2.17. The molecule has 3 nitrogen and oxygen atoms in total. The number of benzene rings is 8. The molecular formula is C49H33NO2. The summed E-state index contributed by atoms with van der Waals surface area (Å²) in [7, 11) is 0. The lowest BCUT2D eigenvalue weighted by Gasteiger charge is -2.30. The summed E-state index contributed by atoms with van der Waals surface area (Å²) in [6, 6.07) is 58.8. The summed E-state index contributed by atoms with van der Waals surface area (Å²) in [5.41, 5.74) is 14.3. The summed E-state index contributed by atoms with van der Waals surface area (Å²) in [5.74, 6) is 0. The molecule has 0 atom stereocenters. The molecule has 10 aromatic rings. The second-order valence-electron chi connectivity index (χ2n) is 14.5. The summed E-state index contributed by atoms with van der Waals surface area (Å²) in [4.78, 5) is 2.43. The lowest BCUT2D eigenvalue weighted by atomic mass is 9.82. The van der Waals surface area contributed by atoms with Crippen LogP contribution >= 0.6 is 0 Å². The van der Waals surface area contributed by atoms with Crippen LogP contribution in [-0.4, -0.2) is 0 Å². The van der Waals surface area contributed by atoms with Crippen LogP contribution in [0.2, 0.25) is 0 Å². The average Bonchev–Trinajstić information content (AvgIpc) is 3.83. The minimum absolute atomic E-state index is 0.140. The van der Waals surface area contributed by atoms with Crippen LogP contribution < -0.4 is 4.90 Å². The van der Waals surface area contributed by atoms with Gasteiger partial charge in [0.05, 0.1) is 16.8 Å². The second-order valence-corrected chi connectivity index (χ2v) is 14.5. The number of hydrogen-bond acceptors (Lipinski definition) is 3. The molecule has 0 amide bonds. The molecule has 0 unspecified atom stereocenters. The Morgan fingerprint density at radius 3 is 2.08 bits per heavy atom.